The number of aromatic nitrogens is 3. The van der Waals surface area contributed by atoms with Crippen molar-refractivity contribution in [3.8, 4) is 17.2 Å². The molecule has 0 spiro atoms. The summed E-state index contributed by atoms with van der Waals surface area (Å²) in [5.74, 6) is 1.74. The molecule has 3 aromatic heterocycles. The van der Waals surface area contributed by atoms with Gasteiger partial charge in [0.15, 0.2) is 0 Å². The van der Waals surface area contributed by atoms with Crippen LogP contribution in [0.1, 0.15) is 29.4 Å². The summed E-state index contributed by atoms with van der Waals surface area (Å²) in [5, 5.41) is 4.58. The molecule has 0 saturated carbocycles. The van der Waals surface area contributed by atoms with Crippen LogP contribution < -0.4 is 14.8 Å². The van der Waals surface area contributed by atoms with E-state index in [0.717, 1.165) is 22.3 Å². The summed E-state index contributed by atoms with van der Waals surface area (Å²) in [5.41, 5.74) is 4.50. The van der Waals surface area contributed by atoms with Crippen molar-refractivity contribution in [2.24, 2.45) is 0 Å². The van der Waals surface area contributed by atoms with Crippen LogP contribution in [0, 0.1) is 13.8 Å². The Morgan fingerprint density at radius 2 is 1.79 bits per heavy atom. The van der Waals surface area contributed by atoms with Gasteiger partial charge in [0, 0.05) is 47.1 Å². The first-order chi connectivity index (χ1) is 18.8. The number of anilines is 1. The van der Waals surface area contributed by atoms with Gasteiger partial charge in [-0.3, -0.25) is 9.78 Å². The van der Waals surface area contributed by atoms with E-state index in [1.165, 1.54) is 6.92 Å². The third-order valence-corrected chi connectivity index (χ3v) is 6.95. The van der Waals surface area contributed by atoms with Crippen LogP contribution >= 0.6 is 23.2 Å². The lowest BCUT2D eigenvalue weighted by atomic mass is 10.1. The number of amides is 1. The smallest absolute Gasteiger partial charge is 0.222 e. The summed E-state index contributed by atoms with van der Waals surface area (Å²) >= 11 is 13.4. The summed E-state index contributed by atoms with van der Waals surface area (Å²) in [6.07, 6.45) is 3.59. The van der Waals surface area contributed by atoms with Gasteiger partial charge in [-0.2, -0.15) is 0 Å². The van der Waals surface area contributed by atoms with Crippen molar-refractivity contribution in [1.82, 2.24) is 14.5 Å². The number of pyridine rings is 2. The summed E-state index contributed by atoms with van der Waals surface area (Å²) in [7, 11) is 0. The monoisotopic (exact) mass is 560 g/mol. The highest BCUT2D eigenvalue weighted by molar-refractivity contribution is 6.37. The molecule has 0 bridgehead atoms. The number of aryl methyl sites for hydroxylation is 2. The van der Waals surface area contributed by atoms with Crippen molar-refractivity contribution in [2.75, 3.05) is 5.32 Å². The van der Waals surface area contributed by atoms with Gasteiger partial charge in [-0.05, 0) is 61.9 Å². The number of ether oxygens (including phenoxy) is 2. The van der Waals surface area contributed by atoms with Crippen molar-refractivity contribution >= 4 is 45.8 Å². The number of hydrogen-bond acceptors (Lipinski definition) is 5. The number of carbonyl (C=O) groups is 1. The normalized spacial score (nSPS) is 11.0. The van der Waals surface area contributed by atoms with E-state index < -0.39 is 0 Å². The Labute approximate surface area is 236 Å². The number of nitrogens with zero attached hydrogens (tertiary/aromatic N) is 3. The van der Waals surface area contributed by atoms with Crippen LogP contribution in [0.4, 0.5) is 5.82 Å². The summed E-state index contributed by atoms with van der Waals surface area (Å²) in [4.78, 5) is 20.8. The summed E-state index contributed by atoms with van der Waals surface area (Å²) < 4.78 is 14.2. The third-order valence-electron chi connectivity index (χ3n) is 6.17. The van der Waals surface area contributed by atoms with Crippen LogP contribution in [0.25, 0.3) is 16.6 Å². The predicted octanol–water partition coefficient (Wildman–Crippen LogP) is 7.46. The van der Waals surface area contributed by atoms with Gasteiger partial charge >= 0.3 is 0 Å². The molecule has 9 heteroatoms. The van der Waals surface area contributed by atoms with Gasteiger partial charge in [-0.25, -0.2) is 4.98 Å². The van der Waals surface area contributed by atoms with Crippen molar-refractivity contribution in [3.05, 3.63) is 106 Å². The number of para-hydroxylation sites is 1. The molecule has 0 saturated heterocycles. The molecule has 2 aromatic carbocycles. The maximum absolute atomic E-state index is 11.8. The lowest BCUT2D eigenvalue weighted by Crippen LogP contribution is -2.11. The molecule has 0 aliphatic carbocycles. The average molecular weight is 561 g/mol. The molecule has 7 nitrogen and oxygen atoms in total. The van der Waals surface area contributed by atoms with E-state index in [0.29, 0.717) is 50.7 Å². The zero-order valence-electron chi connectivity index (χ0n) is 21.7. The largest absolute Gasteiger partial charge is 0.487 e. The maximum Gasteiger partial charge on any atom is 0.222 e. The second-order valence-electron chi connectivity index (χ2n) is 9.07. The van der Waals surface area contributed by atoms with Crippen LogP contribution in [0.2, 0.25) is 10.0 Å². The Morgan fingerprint density at radius 3 is 2.56 bits per heavy atom. The molecule has 0 fully saturated rings. The second-order valence-corrected chi connectivity index (χ2v) is 9.86. The quantitative estimate of drug-likeness (QED) is 0.213. The summed E-state index contributed by atoms with van der Waals surface area (Å²) in [6.45, 7) is 5.74. The number of nitrogens with one attached hydrogen (secondary N) is 1. The van der Waals surface area contributed by atoms with E-state index in [2.05, 4.69) is 10.3 Å². The average Bonchev–Trinajstić information content (AvgIpc) is 3.27. The van der Waals surface area contributed by atoms with Gasteiger partial charge in [0.2, 0.25) is 5.91 Å². The fraction of sp³-hybridized carbons (Fsp3) is 0.167. The fourth-order valence-corrected chi connectivity index (χ4v) is 4.86. The molecule has 198 valence electrons. The molecule has 3 heterocycles. The zero-order chi connectivity index (χ0) is 27.5. The minimum absolute atomic E-state index is 0.111. The van der Waals surface area contributed by atoms with Gasteiger partial charge in [-0.1, -0.05) is 35.3 Å². The van der Waals surface area contributed by atoms with Crippen LogP contribution in [-0.4, -0.2) is 20.4 Å². The van der Waals surface area contributed by atoms with Crippen LogP contribution in [0.3, 0.4) is 0 Å². The van der Waals surface area contributed by atoms with E-state index in [9.17, 15) is 4.79 Å². The molecular formula is C30H26Cl2N4O3. The Morgan fingerprint density at radius 1 is 0.974 bits per heavy atom. The minimum atomic E-state index is -0.172. The van der Waals surface area contributed by atoms with E-state index in [1.54, 1.807) is 12.3 Å². The minimum Gasteiger partial charge on any atom is -0.487 e. The highest BCUT2D eigenvalue weighted by atomic mass is 35.5. The highest BCUT2D eigenvalue weighted by Crippen LogP contribution is 2.36. The molecule has 0 radical (unpaired) electrons. The van der Waals surface area contributed by atoms with Crippen LogP contribution in [0.15, 0.2) is 73.1 Å². The molecule has 0 aliphatic rings. The zero-order valence-corrected chi connectivity index (χ0v) is 23.2. The third kappa shape index (κ3) is 5.70. The number of rotatable bonds is 8. The molecule has 0 unspecified atom stereocenters. The molecule has 0 aliphatic heterocycles. The lowest BCUT2D eigenvalue weighted by molar-refractivity contribution is -0.114. The first-order valence-electron chi connectivity index (χ1n) is 12.3. The topological polar surface area (TPSA) is 78.3 Å². The molecular weight excluding hydrogens is 535 g/mol. The first-order valence-corrected chi connectivity index (χ1v) is 13.1. The van der Waals surface area contributed by atoms with Gasteiger partial charge in [0.25, 0.3) is 0 Å². The molecule has 5 rings (SSSR count). The number of carbonyl (C=O) groups excluding carboxylic acids is 1. The van der Waals surface area contributed by atoms with Crippen LogP contribution in [-0.2, 0) is 18.0 Å². The van der Waals surface area contributed by atoms with Crippen molar-refractivity contribution in [2.45, 2.75) is 34.0 Å². The number of halogens is 2. The molecule has 0 atom stereocenters. The van der Waals surface area contributed by atoms with E-state index >= 15 is 0 Å². The number of benzene rings is 2. The number of hydrogen-bond donors (Lipinski definition) is 1. The predicted molar refractivity (Wildman–Crippen MR) is 154 cm³/mol. The van der Waals surface area contributed by atoms with Gasteiger partial charge in [0.1, 0.15) is 36.0 Å². The lowest BCUT2D eigenvalue weighted by Gasteiger charge is -2.17. The van der Waals surface area contributed by atoms with Gasteiger partial charge in [-0.15, -0.1) is 0 Å². The standard InChI is InChI=1S/C30H26Cl2N4O3/c1-18-12-14-36(30(18)35-20(3)37)25-11-10-24(31)23(28(25)32)17-39-26-9-6-8-22-27(15-19(2)34-29(22)26)38-16-21-7-4-5-13-33-21/h4-15H,16-17H2,1-3H3,(H,35,37). The van der Waals surface area contributed by atoms with Gasteiger partial charge < -0.3 is 19.4 Å². The number of fused-ring (bicyclic) bond motifs is 1. The van der Waals surface area contributed by atoms with E-state index in [1.807, 2.05) is 79.2 Å². The van der Waals surface area contributed by atoms with Crippen LogP contribution in [0.5, 0.6) is 11.5 Å². The molecule has 1 N–H and O–H groups in total. The van der Waals surface area contributed by atoms with E-state index in [4.69, 9.17) is 37.7 Å². The Hall–Kier alpha value is -4.07. The fourth-order valence-electron chi connectivity index (χ4n) is 4.29. The summed E-state index contributed by atoms with van der Waals surface area (Å²) in [6, 6.07) is 18.8. The van der Waals surface area contributed by atoms with E-state index in [-0.39, 0.29) is 12.5 Å². The molecule has 39 heavy (non-hydrogen) atoms. The SMILES string of the molecule is CC(=O)Nc1c(C)ccn1-c1ccc(Cl)c(COc2cccc3c(OCc4ccccn4)cc(C)nc23)c1Cl. The molecule has 1 amide bonds. The van der Waals surface area contributed by atoms with Gasteiger partial charge in [0.05, 0.1) is 16.4 Å². The Kier molecular flexibility index (Phi) is 7.72. The van der Waals surface area contributed by atoms with Crippen molar-refractivity contribution < 1.29 is 14.3 Å². The molecule has 5 aromatic rings. The van der Waals surface area contributed by atoms with Crippen molar-refractivity contribution in [1.29, 1.82) is 0 Å². The second kappa shape index (κ2) is 11.4. The van der Waals surface area contributed by atoms with Crippen molar-refractivity contribution in [3.63, 3.8) is 0 Å². The highest BCUT2D eigenvalue weighted by Gasteiger charge is 2.18. The first kappa shape index (κ1) is 26.5. The Balaban J connectivity index is 1.45. The maximum atomic E-state index is 11.8. The Bertz CT molecular complexity index is 1670.